The summed E-state index contributed by atoms with van der Waals surface area (Å²) in [6, 6.07) is 14.9. The molecule has 0 aliphatic carbocycles. The Kier molecular flexibility index (Phi) is 4.56. The van der Waals surface area contributed by atoms with E-state index in [1.807, 2.05) is 6.07 Å². The number of hydrogen-bond donors (Lipinski definition) is 2. The molecule has 5 nitrogen and oxygen atoms in total. The zero-order chi connectivity index (χ0) is 15.2. The fourth-order valence-corrected chi connectivity index (χ4v) is 1.69. The number of para-hydroxylation sites is 2. The summed E-state index contributed by atoms with van der Waals surface area (Å²) in [5, 5.41) is 12.2. The maximum atomic E-state index is 11.9. The summed E-state index contributed by atoms with van der Waals surface area (Å²) in [7, 11) is 0. The first-order valence-corrected chi connectivity index (χ1v) is 6.43. The molecular weight excluding hydrogens is 270 g/mol. The number of aromatic hydroxyl groups is 1. The molecule has 0 radical (unpaired) electrons. The summed E-state index contributed by atoms with van der Waals surface area (Å²) in [5.74, 6) is -1.37. The second-order valence-electron chi connectivity index (χ2n) is 4.42. The summed E-state index contributed by atoms with van der Waals surface area (Å²) in [6.07, 6.45) is -0.975. The van der Waals surface area contributed by atoms with Crippen molar-refractivity contribution in [3.05, 3.63) is 60.2 Å². The van der Waals surface area contributed by atoms with E-state index in [9.17, 15) is 14.7 Å². The number of benzene rings is 2. The highest BCUT2D eigenvalue weighted by Gasteiger charge is 2.20. The fraction of sp³-hybridized carbons (Fsp3) is 0.125. The Bertz CT molecular complexity index is 640. The molecule has 0 saturated carbocycles. The summed E-state index contributed by atoms with van der Waals surface area (Å²) in [5.41, 5.74) is 0.643. The fourth-order valence-electron chi connectivity index (χ4n) is 1.69. The van der Waals surface area contributed by atoms with Crippen LogP contribution in [0, 0.1) is 0 Å². The minimum absolute atomic E-state index is 0.0249. The van der Waals surface area contributed by atoms with Gasteiger partial charge in [0.15, 0.2) is 6.10 Å². The van der Waals surface area contributed by atoms with Crippen molar-refractivity contribution in [3.8, 4) is 5.75 Å². The first-order chi connectivity index (χ1) is 10.1. The Morgan fingerprint density at radius 3 is 2.33 bits per heavy atom. The Labute approximate surface area is 122 Å². The Morgan fingerprint density at radius 1 is 1.05 bits per heavy atom. The molecule has 5 heteroatoms. The average molecular weight is 285 g/mol. The monoisotopic (exact) mass is 285 g/mol. The largest absolute Gasteiger partial charge is 0.507 e. The van der Waals surface area contributed by atoms with Gasteiger partial charge in [-0.2, -0.15) is 0 Å². The Balaban J connectivity index is 1.98. The molecule has 2 aromatic rings. The predicted octanol–water partition coefficient (Wildman–Crippen LogP) is 2.58. The lowest BCUT2D eigenvalue weighted by atomic mass is 10.2. The number of nitrogens with one attached hydrogen (secondary N) is 1. The maximum absolute atomic E-state index is 11.9. The highest BCUT2D eigenvalue weighted by atomic mass is 16.5. The van der Waals surface area contributed by atoms with E-state index in [-0.39, 0.29) is 11.3 Å². The molecule has 0 aliphatic heterocycles. The minimum Gasteiger partial charge on any atom is -0.507 e. The number of rotatable bonds is 4. The molecule has 2 rings (SSSR count). The number of esters is 1. The van der Waals surface area contributed by atoms with Crippen LogP contribution in [0.1, 0.15) is 17.3 Å². The van der Waals surface area contributed by atoms with Gasteiger partial charge >= 0.3 is 5.97 Å². The maximum Gasteiger partial charge on any atom is 0.342 e. The van der Waals surface area contributed by atoms with Gasteiger partial charge in [-0.1, -0.05) is 30.3 Å². The third-order valence-electron chi connectivity index (χ3n) is 2.82. The van der Waals surface area contributed by atoms with Crippen LogP contribution in [0.3, 0.4) is 0 Å². The number of anilines is 1. The van der Waals surface area contributed by atoms with Crippen LogP contribution in [-0.4, -0.2) is 23.1 Å². The van der Waals surface area contributed by atoms with Crippen molar-refractivity contribution in [2.75, 3.05) is 5.32 Å². The SMILES string of the molecule is C[C@@H](OC(=O)c1ccccc1O)C(=O)Nc1ccccc1. The van der Waals surface area contributed by atoms with Crippen molar-refractivity contribution < 1.29 is 19.4 Å². The van der Waals surface area contributed by atoms with Crippen LogP contribution in [0.5, 0.6) is 5.75 Å². The second-order valence-corrected chi connectivity index (χ2v) is 4.42. The van der Waals surface area contributed by atoms with E-state index in [1.165, 1.54) is 19.1 Å². The molecule has 21 heavy (non-hydrogen) atoms. The van der Waals surface area contributed by atoms with Gasteiger partial charge in [-0.3, -0.25) is 4.79 Å². The number of ether oxygens (including phenoxy) is 1. The summed E-state index contributed by atoms with van der Waals surface area (Å²) in [6.45, 7) is 1.47. The second kappa shape index (κ2) is 6.56. The smallest absolute Gasteiger partial charge is 0.342 e. The van der Waals surface area contributed by atoms with Gasteiger partial charge in [0.1, 0.15) is 11.3 Å². The minimum atomic E-state index is -0.975. The molecule has 0 bridgehead atoms. The average Bonchev–Trinajstić information content (AvgIpc) is 2.48. The van der Waals surface area contributed by atoms with Gasteiger partial charge in [-0.05, 0) is 31.2 Å². The topological polar surface area (TPSA) is 75.6 Å². The molecule has 0 heterocycles. The van der Waals surface area contributed by atoms with Crippen molar-refractivity contribution >= 4 is 17.6 Å². The molecule has 0 spiro atoms. The van der Waals surface area contributed by atoms with E-state index in [0.29, 0.717) is 5.69 Å². The molecule has 0 saturated heterocycles. The highest BCUT2D eigenvalue weighted by Crippen LogP contribution is 2.17. The van der Waals surface area contributed by atoms with E-state index in [2.05, 4.69) is 5.32 Å². The van der Waals surface area contributed by atoms with Crippen LogP contribution >= 0.6 is 0 Å². The zero-order valence-corrected chi connectivity index (χ0v) is 11.4. The predicted molar refractivity (Wildman–Crippen MR) is 78.1 cm³/mol. The van der Waals surface area contributed by atoms with Crippen molar-refractivity contribution in [3.63, 3.8) is 0 Å². The number of amides is 1. The van der Waals surface area contributed by atoms with Gasteiger partial charge in [0.05, 0.1) is 0 Å². The molecule has 0 unspecified atom stereocenters. The van der Waals surface area contributed by atoms with Crippen LogP contribution in [0.4, 0.5) is 5.69 Å². The Hall–Kier alpha value is -2.82. The molecule has 108 valence electrons. The van der Waals surface area contributed by atoms with Gasteiger partial charge in [-0.25, -0.2) is 4.79 Å². The van der Waals surface area contributed by atoms with Crippen LogP contribution in [0.25, 0.3) is 0 Å². The van der Waals surface area contributed by atoms with Gasteiger partial charge in [0, 0.05) is 5.69 Å². The first kappa shape index (κ1) is 14.6. The number of hydrogen-bond acceptors (Lipinski definition) is 4. The molecular formula is C16H15NO4. The molecule has 0 aliphatic rings. The van der Waals surface area contributed by atoms with Crippen molar-refractivity contribution in [2.45, 2.75) is 13.0 Å². The van der Waals surface area contributed by atoms with Crippen molar-refractivity contribution in [1.29, 1.82) is 0 Å². The normalized spacial score (nSPS) is 11.5. The van der Waals surface area contributed by atoms with Gasteiger partial charge in [0.2, 0.25) is 0 Å². The Morgan fingerprint density at radius 2 is 1.67 bits per heavy atom. The molecule has 2 N–H and O–H groups in total. The third-order valence-corrected chi connectivity index (χ3v) is 2.82. The molecule has 1 atom stereocenters. The van der Waals surface area contributed by atoms with Gasteiger partial charge < -0.3 is 15.2 Å². The van der Waals surface area contributed by atoms with Gasteiger partial charge in [0.25, 0.3) is 5.91 Å². The quantitative estimate of drug-likeness (QED) is 0.847. The highest BCUT2D eigenvalue weighted by molar-refractivity contribution is 5.98. The van der Waals surface area contributed by atoms with E-state index in [0.717, 1.165) is 0 Å². The lowest BCUT2D eigenvalue weighted by Gasteiger charge is -2.14. The summed E-state index contributed by atoms with van der Waals surface area (Å²) < 4.78 is 5.04. The van der Waals surface area contributed by atoms with Crippen molar-refractivity contribution in [2.24, 2.45) is 0 Å². The molecule has 0 aromatic heterocycles. The third kappa shape index (κ3) is 3.82. The number of carbonyl (C=O) groups is 2. The van der Waals surface area contributed by atoms with E-state index >= 15 is 0 Å². The molecule has 1 amide bonds. The zero-order valence-electron chi connectivity index (χ0n) is 11.4. The van der Waals surface area contributed by atoms with Crippen LogP contribution < -0.4 is 5.32 Å². The number of phenols is 1. The number of phenolic OH excluding ortho intramolecular Hbond substituents is 1. The van der Waals surface area contributed by atoms with E-state index in [4.69, 9.17) is 4.74 Å². The van der Waals surface area contributed by atoms with Crippen LogP contribution in [0.15, 0.2) is 54.6 Å². The van der Waals surface area contributed by atoms with Crippen LogP contribution in [-0.2, 0) is 9.53 Å². The summed E-state index contributed by atoms with van der Waals surface area (Å²) >= 11 is 0. The first-order valence-electron chi connectivity index (χ1n) is 6.43. The summed E-state index contributed by atoms with van der Waals surface area (Å²) in [4.78, 5) is 23.8. The van der Waals surface area contributed by atoms with Crippen LogP contribution in [0.2, 0.25) is 0 Å². The number of carbonyl (C=O) groups excluding carboxylic acids is 2. The molecule has 2 aromatic carbocycles. The molecule has 0 fully saturated rings. The lowest BCUT2D eigenvalue weighted by molar-refractivity contribution is -0.123. The van der Waals surface area contributed by atoms with Crippen molar-refractivity contribution in [1.82, 2.24) is 0 Å². The lowest BCUT2D eigenvalue weighted by Crippen LogP contribution is -2.30. The van der Waals surface area contributed by atoms with E-state index in [1.54, 1.807) is 36.4 Å². The van der Waals surface area contributed by atoms with Gasteiger partial charge in [-0.15, -0.1) is 0 Å². The standard InChI is InChI=1S/C16H15NO4/c1-11(15(19)17-12-7-3-2-4-8-12)21-16(20)13-9-5-6-10-14(13)18/h2-11,18H,1H3,(H,17,19)/t11-/m1/s1. The van der Waals surface area contributed by atoms with E-state index < -0.39 is 18.0 Å².